The van der Waals surface area contributed by atoms with E-state index >= 15 is 0 Å². The number of aromatic nitrogens is 1. The number of fused-ring (bicyclic) bond motifs is 1. The Labute approximate surface area is 114 Å². The van der Waals surface area contributed by atoms with Gasteiger partial charge in [0.05, 0.1) is 6.04 Å². The molecule has 2 N–H and O–H groups in total. The van der Waals surface area contributed by atoms with Gasteiger partial charge in [0, 0.05) is 11.8 Å². The van der Waals surface area contributed by atoms with E-state index in [0.717, 1.165) is 30.5 Å². The molecule has 3 rings (SSSR count). The maximum Gasteiger partial charge on any atom is 0.248 e. The van der Waals surface area contributed by atoms with E-state index in [9.17, 15) is 13.6 Å². The molecule has 0 aliphatic heterocycles. The molecule has 1 aliphatic carbocycles. The highest BCUT2D eigenvalue weighted by atomic mass is 19.1. The summed E-state index contributed by atoms with van der Waals surface area (Å²) in [6.45, 7) is 0. The van der Waals surface area contributed by atoms with Gasteiger partial charge in [0.2, 0.25) is 5.56 Å². The lowest BCUT2D eigenvalue weighted by Crippen LogP contribution is -2.22. The smallest absolute Gasteiger partial charge is 0.248 e. The predicted octanol–water partition coefficient (Wildman–Crippen LogP) is 3.14. The average Bonchev–Trinajstić information content (AvgIpc) is 2.42. The van der Waals surface area contributed by atoms with Crippen LogP contribution in [0.25, 0.3) is 0 Å². The Bertz CT molecular complexity index is 676. The van der Waals surface area contributed by atoms with Crippen molar-refractivity contribution in [3.63, 3.8) is 0 Å². The lowest BCUT2D eigenvalue weighted by molar-refractivity contribution is 0.556. The fourth-order valence-electron chi connectivity index (χ4n) is 2.66. The maximum atomic E-state index is 13.7. The first-order valence-corrected chi connectivity index (χ1v) is 6.58. The number of hydrogen-bond acceptors (Lipinski definition) is 2. The minimum absolute atomic E-state index is 0.114. The third-order valence-electron chi connectivity index (χ3n) is 3.61. The monoisotopic (exact) mass is 276 g/mol. The van der Waals surface area contributed by atoms with Crippen LogP contribution in [0.15, 0.2) is 35.1 Å². The van der Waals surface area contributed by atoms with Gasteiger partial charge in [-0.2, -0.15) is 0 Å². The molecule has 0 fully saturated rings. The fraction of sp³-hybridized carbons (Fsp3) is 0.267. The van der Waals surface area contributed by atoms with Gasteiger partial charge in [0.15, 0.2) is 0 Å². The number of H-pyrrole nitrogens is 1. The van der Waals surface area contributed by atoms with Crippen molar-refractivity contribution in [2.75, 3.05) is 5.32 Å². The molecule has 0 amide bonds. The van der Waals surface area contributed by atoms with Gasteiger partial charge >= 0.3 is 0 Å². The van der Waals surface area contributed by atoms with Crippen LogP contribution in [0.4, 0.5) is 14.5 Å². The first-order chi connectivity index (χ1) is 9.65. The van der Waals surface area contributed by atoms with E-state index in [1.54, 1.807) is 6.07 Å². The Morgan fingerprint density at radius 3 is 2.65 bits per heavy atom. The molecule has 0 saturated heterocycles. The second-order valence-electron chi connectivity index (χ2n) is 4.94. The molecule has 0 radical (unpaired) electrons. The Morgan fingerprint density at radius 2 is 1.90 bits per heavy atom. The van der Waals surface area contributed by atoms with Crippen LogP contribution in [-0.2, 0) is 6.42 Å². The van der Waals surface area contributed by atoms with E-state index in [-0.39, 0.29) is 17.3 Å². The molecule has 2 aromatic rings. The van der Waals surface area contributed by atoms with Crippen molar-refractivity contribution in [1.29, 1.82) is 0 Å². The summed E-state index contributed by atoms with van der Waals surface area (Å²) in [5, 5.41) is 2.92. The van der Waals surface area contributed by atoms with Crippen LogP contribution in [0.2, 0.25) is 0 Å². The minimum Gasteiger partial charge on any atom is -0.373 e. The zero-order valence-electron chi connectivity index (χ0n) is 10.7. The van der Waals surface area contributed by atoms with Crippen molar-refractivity contribution >= 4 is 5.69 Å². The normalized spacial score (nSPS) is 17.6. The number of nitrogens with one attached hydrogen (secondary N) is 2. The quantitative estimate of drug-likeness (QED) is 0.885. The molecule has 0 bridgehead atoms. The van der Waals surface area contributed by atoms with Crippen LogP contribution < -0.4 is 10.9 Å². The van der Waals surface area contributed by atoms with Gasteiger partial charge in [-0.15, -0.1) is 0 Å². The second-order valence-corrected chi connectivity index (χ2v) is 4.94. The molecule has 1 aromatic heterocycles. The van der Waals surface area contributed by atoms with E-state index in [2.05, 4.69) is 10.3 Å². The summed E-state index contributed by atoms with van der Waals surface area (Å²) in [7, 11) is 0. The first-order valence-electron chi connectivity index (χ1n) is 6.58. The molecule has 104 valence electrons. The van der Waals surface area contributed by atoms with Crippen LogP contribution in [0.1, 0.15) is 30.1 Å². The molecule has 3 nitrogen and oxygen atoms in total. The Kier molecular flexibility index (Phi) is 3.26. The van der Waals surface area contributed by atoms with E-state index in [0.29, 0.717) is 0 Å². The molecule has 1 aromatic carbocycles. The van der Waals surface area contributed by atoms with Crippen LogP contribution >= 0.6 is 0 Å². The summed E-state index contributed by atoms with van der Waals surface area (Å²) in [5.74, 6) is -1.22. The highest BCUT2D eigenvalue weighted by molar-refractivity contribution is 5.49. The standard InChI is InChI=1S/C15H14F2N2O/c16-10-3-1-4-11(17)15(10)19-13-6-2-5-12-9(13)7-8-14(20)18-12/h1,3-4,7-8,13,19H,2,5-6H2,(H,18,20). The zero-order chi connectivity index (χ0) is 14.1. The largest absolute Gasteiger partial charge is 0.373 e. The molecule has 1 heterocycles. The van der Waals surface area contributed by atoms with Gasteiger partial charge in [-0.05, 0) is 43.0 Å². The third kappa shape index (κ3) is 2.31. The lowest BCUT2D eigenvalue weighted by Gasteiger charge is -2.27. The van der Waals surface area contributed by atoms with E-state index < -0.39 is 11.6 Å². The van der Waals surface area contributed by atoms with E-state index in [1.165, 1.54) is 24.3 Å². The molecule has 5 heteroatoms. The van der Waals surface area contributed by atoms with Gasteiger partial charge in [-0.1, -0.05) is 6.07 Å². The molecular formula is C15H14F2N2O. The summed E-state index contributed by atoms with van der Waals surface area (Å²) in [6.07, 6.45) is 2.41. The first kappa shape index (κ1) is 12.8. The summed E-state index contributed by atoms with van der Waals surface area (Å²) >= 11 is 0. The Balaban J connectivity index is 1.96. The third-order valence-corrected chi connectivity index (χ3v) is 3.61. The van der Waals surface area contributed by atoms with Crippen LogP contribution in [0, 0.1) is 11.6 Å². The van der Waals surface area contributed by atoms with Crippen LogP contribution in [0.5, 0.6) is 0 Å². The van der Waals surface area contributed by atoms with Gasteiger partial charge in [-0.3, -0.25) is 4.79 Å². The van der Waals surface area contributed by atoms with Crippen LogP contribution in [-0.4, -0.2) is 4.98 Å². The highest BCUT2D eigenvalue weighted by Gasteiger charge is 2.22. The van der Waals surface area contributed by atoms with Crippen molar-refractivity contribution in [1.82, 2.24) is 4.98 Å². The topological polar surface area (TPSA) is 44.9 Å². The average molecular weight is 276 g/mol. The van der Waals surface area contributed by atoms with Crippen molar-refractivity contribution in [3.05, 3.63) is 63.6 Å². The Morgan fingerprint density at radius 1 is 1.15 bits per heavy atom. The second kappa shape index (κ2) is 5.07. The molecular weight excluding hydrogens is 262 g/mol. The highest BCUT2D eigenvalue weighted by Crippen LogP contribution is 2.32. The van der Waals surface area contributed by atoms with Crippen molar-refractivity contribution < 1.29 is 8.78 Å². The number of aryl methyl sites for hydroxylation is 1. The molecule has 0 spiro atoms. The molecule has 1 aliphatic rings. The number of anilines is 1. The number of rotatable bonds is 2. The summed E-state index contributed by atoms with van der Waals surface area (Å²) < 4.78 is 27.4. The minimum atomic E-state index is -0.610. The van der Waals surface area contributed by atoms with Crippen molar-refractivity contribution in [3.8, 4) is 0 Å². The number of halogens is 2. The van der Waals surface area contributed by atoms with Gasteiger partial charge in [0.25, 0.3) is 0 Å². The predicted molar refractivity (Wildman–Crippen MR) is 72.7 cm³/mol. The van der Waals surface area contributed by atoms with Gasteiger partial charge in [0.1, 0.15) is 17.3 Å². The van der Waals surface area contributed by atoms with Crippen molar-refractivity contribution in [2.24, 2.45) is 0 Å². The number of aromatic amines is 1. The zero-order valence-corrected chi connectivity index (χ0v) is 10.7. The summed E-state index contributed by atoms with van der Waals surface area (Å²) in [6, 6.07) is 6.76. The summed E-state index contributed by atoms with van der Waals surface area (Å²) in [4.78, 5) is 14.1. The molecule has 1 unspecified atom stereocenters. The van der Waals surface area contributed by atoms with Crippen molar-refractivity contribution in [2.45, 2.75) is 25.3 Å². The fourth-order valence-corrected chi connectivity index (χ4v) is 2.66. The van der Waals surface area contributed by atoms with Gasteiger partial charge in [-0.25, -0.2) is 8.78 Å². The number of hydrogen-bond donors (Lipinski definition) is 2. The van der Waals surface area contributed by atoms with E-state index in [4.69, 9.17) is 0 Å². The molecule has 0 saturated carbocycles. The SMILES string of the molecule is O=c1ccc2c([nH]1)CCCC2Nc1c(F)cccc1F. The summed E-state index contributed by atoms with van der Waals surface area (Å²) in [5.41, 5.74) is 1.48. The van der Waals surface area contributed by atoms with Gasteiger partial charge < -0.3 is 10.3 Å². The lowest BCUT2D eigenvalue weighted by atomic mass is 9.91. The number of para-hydroxylation sites is 1. The molecule has 20 heavy (non-hydrogen) atoms. The Hall–Kier alpha value is -2.17. The van der Waals surface area contributed by atoms with Crippen LogP contribution in [0.3, 0.4) is 0 Å². The number of benzene rings is 1. The number of pyridine rings is 1. The maximum absolute atomic E-state index is 13.7. The molecule has 1 atom stereocenters. The van der Waals surface area contributed by atoms with E-state index in [1.807, 2.05) is 0 Å².